The second-order valence-corrected chi connectivity index (χ2v) is 8.29. The average Bonchev–Trinajstić information content (AvgIpc) is 2.61. The van der Waals surface area contributed by atoms with Gasteiger partial charge in [-0.25, -0.2) is 12.8 Å². The van der Waals surface area contributed by atoms with Gasteiger partial charge in [0.2, 0.25) is 15.9 Å². The molecule has 0 spiro atoms. The van der Waals surface area contributed by atoms with Crippen molar-refractivity contribution in [1.82, 2.24) is 0 Å². The fourth-order valence-corrected chi connectivity index (χ4v) is 3.66. The van der Waals surface area contributed by atoms with Crippen molar-refractivity contribution in [2.24, 2.45) is 0 Å². The lowest BCUT2D eigenvalue weighted by molar-refractivity contribution is -0.114. The van der Waals surface area contributed by atoms with Crippen LogP contribution in [0, 0.1) is 5.82 Å². The molecule has 0 radical (unpaired) electrons. The van der Waals surface area contributed by atoms with E-state index in [-0.39, 0.29) is 10.7 Å². The molecule has 0 saturated carbocycles. The molecule has 1 amide bonds. The van der Waals surface area contributed by atoms with Crippen molar-refractivity contribution in [3.63, 3.8) is 0 Å². The predicted octanol–water partition coefficient (Wildman–Crippen LogP) is 4.04. The van der Waals surface area contributed by atoms with Crippen LogP contribution in [-0.2, 0) is 14.8 Å². The number of benzene rings is 3. The number of carbonyl (C=O) groups excluding carboxylic acids is 1. The van der Waals surface area contributed by atoms with Crippen LogP contribution in [0.1, 0.15) is 0 Å². The lowest BCUT2D eigenvalue weighted by Gasteiger charge is -2.22. The first-order valence-corrected chi connectivity index (χ1v) is 10.2. The molecule has 5 nitrogen and oxygen atoms in total. The highest BCUT2D eigenvalue weighted by Gasteiger charge is 2.22. The summed E-state index contributed by atoms with van der Waals surface area (Å²) < 4.78 is 38.4. The Morgan fingerprint density at radius 3 is 2.44 bits per heavy atom. The molecule has 0 bridgehead atoms. The highest BCUT2D eigenvalue weighted by Crippen LogP contribution is 2.25. The standard InChI is InChI=1S/C19H16ClFN2O3S/c1-27(25,26)23(16-8-9-18(21)17(20)11-16)12-19(24)22-15-7-6-13-4-2-3-5-14(13)10-15/h2-11H,12H2,1H3,(H,22,24). The molecular weight excluding hydrogens is 391 g/mol. The zero-order valence-corrected chi connectivity index (χ0v) is 15.9. The SMILES string of the molecule is CS(=O)(=O)N(CC(=O)Nc1ccc2ccccc2c1)c1ccc(F)c(Cl)c1. The monoisotopic (exact) mass is 406 g/mol. The van der Waals surface area contributed by atoms with Gasteiger partial charge in [-0.2, -0.15) is 0 Å². The van der Waals surface area contributed by atoms with Crippen LogP contribution in [-0.4, -0.2) is 27.1 Å². The quantitative estimate of drug-likeness (QED) is 0.695. The van der Waals surface area contributed by atoms with Crippen molar-refractivity contribution in [1.29, 1.82) is 0 Å². The second-order valence-electron chi connectivity index (χ2n) is 5.98. The third kappa shape index (κ3) is 4.56. The summed E-state index contributed by atoms with van der Waals surface area (Å²) in [6.07, 6.45) is 0.966. The summed E-state index contributed by atoms with van der Waals surface area (Å²) in [6.45, 7) is -0.465. The molecule has 0 atom stereocenters. The number of halogens is 2. The fraction of sp³-hybridized carbons (Fsp3) is 0.105. The van der Waals surface area contributed by atoms with Gasteiger partial charge in [0.05, 0.1) is 17.0 Å². The largest absolute Gasteiger partial charge is 0.324 e. The maximum absolute atomic E-state index is 13.4. The Hall–Kier alpha value is -2.64. The normalized spacial score (nSPS) is 11.4. The van der Waals surface area contributed by atoms with Gasteiger partial charge >= 0.3 is 0 Å². The average molecular weight is 407 g/mol. The maximum Gasteiger partial charge on any atom is 0.245 e. The van der Waals surface area contributed by atoms with Crippen molar-refractivity contribution in [2.45, 2.75) is 0 Å². The summed E-state index contributed by atoms with van der Waals surface area (Å²) in [6, 6.07) is 16.5. The molecule has 3 rings (SSSR count). The van der Waals surface area contributed by atoms with E-state index in [1.54, 1.807) is 12.1 Å². The topological polar surface area (TPSA) is 66.5 Å². The number of carbonyl (C=O) groups is 1. The summed E-state index contributed by atoms with van der Waals surface area (Å²) >= 11 is 5.73. The Morgan fingerprint density at radius 1 is 1.07 bits per heavy atom. The molecule has 0 aliphatic carbocycles. The molecule has 0 aliphatic rings. The van der Waals surface area contributed by atoms with Crippen molar-refractivity contribution < 1.29 is 17.6 Å². The highest BCUT2D eigenvalue weighted by atomic mass is 35.5. The van der Waals surface area contributed by atoms with Crippen molar-refractivity contribution >= 4 is 49.7 Å². The Kier molecular flexibility index (Phi) is 5.34. The summed E-state index contributed by atoms with van der Waals surface area (Å²) in [4.78, 5) is 12.4. The molecule has 140 valence electrons. The molecule has 0 aromatic heterocycles. The minimum Gasteiger partial charge on any atom is -0.324 e. The van der Waals surface area contributed by atoms with Crippen LogP contribution < -0.4 is 9.62 Å². The minimum absolute atomic E-state index is 0.109. The molecule has 0 heterocycles. The third-order valence-electron chi connectivity index (χ3n) is 3.91. The molecule has 0 saturated heterocycles. The lowest BCUT2D eigenvalue weighted by Crippen LogP contribution is -2.37. The molecule has 3 aromatic rings. The number of amides is 1. The van der Waals surface area contributed by atoms with E-state index in [9.17, 15) is 17.6 Å². The van der Waals surface area contributed by atoms with Gasteiger partial charge in [0.25, 0.3) is 0 Å². The summed E-state index contributed by atoms with van der Waals surface area (Å²) in [7, 11) is -3.78. The number of sulfonamides is 1. The second kappa shape index (κ2) is 7.54. The van der Waals surface area contributed by atoms with Gasteiger partial charge in [-0.1, -0.05) is 41.9 Å². The van der Waals surface area contributed by atoms with Crippen molar-refractivity contribution in [2.75, 3.05) is 22.4 Å². The number of hydrogen-bond acceptors (Lipinski definition) is 3. The van der Waals surface area contributed by atoms with Gasteiger partial charge in [0, 0.05) is 5.69 Å². The number of rotatable bonds is 5. The molecular formula is C19H16ClFN2O3S. The number of anilines is 2. The number of nitrogens with one attached hydrogen (secondary N) is 1. The van der Waals surface area contributed by atoms with E-state index in [0.29, 0.717) is 5.69 Å². The fourth-order valence-electron chi connectivity index (χ4n) is 2.64. The Labute approximate surface area is 161 Å². The Balaban J connectivity index is 1.82. The smallest absolute Gasteiger partial charge is 0.245 e. The van der Waals surface area contributed by atoms with E-state index in [2.05, 4.69) is 5.32 Å². The van der Waals surface area contributed by atoms with Crippen LogP contribution in [0.4, 0.5) is 15.8 Å². The van der Waals surface area contributed by atoms with Crippen LogP contribution in [0.15, 0.2) is 60.7 Å². The van der Waals surface area contributed by atoms with Gasteiger partial charge < -0.3 is 5.32 Å². The molecule has 3 aromatic carbocycles. The first kappa shape index (κ1) is 19.1. The van der Waals surface area contributed by atoms with Gasteiger partial charge in [-0.3, -0.25) is 9.10 Å². The Morgan fingerprint density at radius 2 is 1.78 bits per heavy atom. The summed E-state index contributed by atoms with van der Waals surface area (Å²) in [5.74, 6) is -1.20. The lowest BCUT2D eigenvalue weighted by atomic mass is 10.1. The van der Waals surface area contributed by atoms with Gasteiger partial charge in [0.15, 0.2) is 0 Å². The van der Waals surface area contributed by atoms with E-state index in [1.807, 2.05) is 30.3 Å². The van der Waals surface area contributed by atoms with Crippen LogP contribution in [0.2, 0.25) is 5.02 Å². The summed E-state index contributed by atoms with van der Waals surface area (Å²) in [5, 5.41) is 4.42. The summed E-state index contributed by atoms with van der Waals surface area (Å²) in [5.41, 5.74) is 0.654. The maximum atomic E-state index is 13.4. The van der Waals surface area contributed by atoms with Crippen molar-refractivity contribution in [3.8, 4) is 0 Å². The highest BCUT2D eigenvalue weighted by molar-refractivity contribution is 7.92. The first-order valence-electron chi connectivity index (χ1n) is 7.95. The Bertz CT molecular complexity index is 1120. The third-order valence-corrected chi connectivity index (χ3v) is 5.34. The molecule has 1 N–H and O–H groups in total. The van der Waals surface area contributed by atoms with Crippen LogP contribution >= 0.6 is 11.6 Å². The van der Waals surface area contributed by atoms with Crippen LogP contribution in [0.5, 0.6) is 0 Å². The molecule has 0 fully saturated rings. The van der Waals surface area contributed by atoms with Crippen molar-refractivity contribution in [3.05, 3.63) is 71.5 Å². The van der Waals surface area contributed by atoms with Gasteiger partial charge in [0.1, 0.15) is 12.4 Å². The number of hydrogen-bond donors (Lipinski definition) is 1. The molecule has 8 heteroatoms. The zero-order valence-electron chi connectivity index (χ0n) is 14.3. The van der Waals surface area contributed by atoms with E-state index in [0.717, 1.165) is 27.4 Å². The molecule has 0 aliphatic heterocycles. The van der Waals surface area contributed by atoms with E-state index in [1.165, 1.54) is 12.1 Å². The molecule has 0 unspecified atom stereocenters. The van der Waals surface area contributed by atoms with Crippen LogP contribution in [0.25, 0.3) is 10.8 Å². The number of fused-ring (bicyclic) bond motifs is 1. The molecule has 27 heavy (non-hydrogen) atoms. The minimum atomic E-state index is -3.78. The van der Waals surface area contributed by atoms with Crippen LogP contribution in [0.3, 0.4) is 0 Å². The van der Waals surface area contributed by atoms with E-state index in [4.69, 9.17) is 11.6 Å². The number of nitrogens with zero attached hydrogens (tertiary/aromatic N) is 1. The van der Waals surface area contributed by atoms with Gasteiger partial charge in [-0.15, -0.1) is 0 Å². The zero-order chi connectivity index (χ0) is 19.6. The van der Waals surface area contributed by atoms with Gasteiger partial charge in [-0.05, 0) is 41.1 Å². The first-order chi connectivity index (χ1) is 12.7. The predicted molar refractivity (Wildman–Crippen MR) is 106 cm³/mol. The van der Waals surface area contributed by atoms with E-state index < -0.39 is 28.3 Å². The van der Waals surface area contributed by atoms with E-state index >= 15 is 0 Å².